The second kappa shape index (κ2) is 7.32. The molecule has 0 aliphatic carbocycles. The van der Waals surface area contributed by atoms with Crippen LogP contribution in [0.4, 0.5) is 5.69 Å². The Morgan fingerprint density at radius 3 is 2.52 bits per heavy atom. The Hall–Kier alpha value is -2.92. The van der Waals surface area contributed by atoms with Crippen LogP contribution in [0.15, 0.2) is 54.6 Å². The number of hydrogen-bond donors (Lipinski definition) is 2. The minimum absolute atomic E-state index is 0.0639. The number of nitrogens with zero attached hydrogens (tertiary/aromatic N) is 1. The molecule has 1 atom stereocenters. The molecule has 4 N–H and O–H groups in total. The Labute approximate surface area is 146 Å². The van der Waals surface area contributed by atoms with Crippen LogP contribution in [0.3, 0.4) is 0 Å². The molecule has 1 unspecified atom stereocenters. The van der Waals surface area contributed by atoms with Gasteiger partial charge in [0.2, 0.25) is 5.91 Å². The molecule has 1 aliphatic heterocycles. The van der Waals surface area contributed by atoms with Gasteiger partial charge in [0.1, 0.15) is 0 Å². The van der Waals surface area contributed by atoms with Gasteiger partial charge in [0.05, 0.1) is 0 Å². The van der Waals surface area contributed by atoms with Crippen LogP contribution in [0.25, 0.3) is 6.08 Å². The van der Waals surface area contributed by atoms with E-state index in [4.69, 9.17) is 11.5 Å². The predicted octanol–water partition coefficient (Wildman–Crippen LogP) is 2.28. The maximum absolute atomic E-state index is 12.6. The largest absolute Gasteiger partial charge is 0.366 e. The summed E-state index contributed by atoms with van der Waals surface area (Å²) in [6.45, 7) is 1.25. The number of para-hydroxylation sites is 1. The second-order valence-corrected chi connectivity index (χ2v) is 6.10. The van der Waals surface area contributed by atoms with Crippen LogP contribution < -0.4 is 16.4 Å². The van der Waals surface area contributed by atoms with Crippen LogP contribution in [-0.4, -0.2) is 24.9 Å². The fourth-order valence-corrected chi connectivity index (χ4v) is 3.17. The standard InChI is InChI=1S/C20H21N3O2/c21-12-11-16-13-23(18-4-2-1-3-17(16)18)19(24)10-7-14-5-8-15(9-6-14)20(22)25/h1-10,16H,11-13,21H2,(H2,22,25)/b10-7+. The van der Waals surface area contributed by atoms with Gasteiger partial charge in [0, 0.05) is 29.8 Å². The van der Waals surface area contributed by atoms with Gasteiger partial charge in [0.15, 0.2) is 0 Å². The zero-order chi connectivity index (χ0) is 17.8. The van der Waals surface area contributed by atoms with Crippen molar-refractivity contribution in [3.8, 4) is 0 Å². The molecule has 0 bridgehead atoms. The van der Waals surface area contributed by atoms with Crippen molar-refractivity contribution < 1.29 is 9.59 Å². The number of carbonyl (C=O) groups excluding carboxylic acids is 2. The summed E-state index contributed by atoms with van der Waals surface area (Å²) < 4.78 is 0. The van der Waals surface area contributed by atoms with Crippen LogP contribution in [0.5, 0.6) is 0 Å². The van der Waals surface area contributed by atoms with Gasteiger partial charge in [-0.15, -0.1) is 0 Å². The Kier molecular flexibility index (Phi) is 4.95. The van der Waals surface area contributed by atoms with Crippen molar-refractivity contribution in [2.75, 3.05) is 18.0 Å². The first-order valence-electron chi connectivity index (χ1n) is 8.28. The van der Waals surface area contributed by atoms with Crippen LogP contribution >= 0.6 is 0 Å². The average Bonchev–Trinajstić information content (AvgIpc) is 2.99. The molecule has 25 heavy (non-hydrogen) atoms. The lowest BCUT2D eigenvalue weighted by Crippen LogP contribution is -2.28. The normalized spacial score (nSPS) is 16.2. The molecular weight excluding hydrogens is 314 g/mol. The summed E-state index contributed by atoms with van der Waals surface area (Å²) in [4.78, 5) is 25.5. The highest BCUT2D eigenvalue weighted by atomic mass is 16.2. The summed E-state index contributed by atoms with van der Waals surface area (Å²) in [5.41, 5.74) is 14.4. The number of primary amides is 1. The first-order valence-corrected chi connectivity index (χ1v) is 8.28. The van der Waals surface area contributed by atoms with Crippen molar-refractivity contribution in [1.82, 2.24) is 0 Å². The van der Waals surface area contributed by atoms with E-state index >= 15 is 0 Å². The van der Waals surface area contributed by atoms with E-state index in [1.165, 1.54) is 5.56 Å². The number of benzene rings is 2. The van der Waals surface area contributed by atoms with Gasteiger partial charge in [-0.25, -0.2) is 0 Å². The molecule has 0 fully saturated rings. The average molecular weight is 335 g/mol. The number of nitrogens with two attached hydrogens (primary N) is 2. The molecule has 0 radical (unpaired) electrons. The van der Waals surface area contributed by atoms with Gasteiger partial charge in [0.25, 0.3) is 5.91 Å². The van der Waals surface area contributed by atoms with Gasteiger partial charge in [-0.05, 0) is 48.4 Å². The van der Waals surface area contributed by atoms with Gasteiger partial charge in [-0.1, -0.05) is 30.3 Å². The molecule has 5 nitrogen and oxygen atoms in total. The van der Waals surface area contributed by atoms with Gasteiger partial charge in [-0.3, -0.25) is 9.59 Å². The molecule has 0 saturated carbocycles. The molecule has 3 rings (SSSR count). The SMILES string of the molecule is NCCC1CN(C(=O)/C=C/c2ccc(C(N)=O)cc2)c2ccccc21. The van der Waals surface area contributed by atoms with E-state index in [1.807, 2.05) is 18.2 Å². The lowest BCUT2D eigenvalue weighted by molar-refractivity contribution is -0.114. The molecule has 128 valence electrons. The van der Waals surface area contributed by atoms with E-state index < -0.39 is 5.91 Å². The predicted molar refractivity (Wildman–Crippen MR) is 99.2 cm³/mol. The van der Waals surface area contributed by atoms with E-state index in [-0.39, 0.29) is 11.8 Å². The Morgan fingerprint density at radius 2 is 1.84 bits per heavy atom. The van der Waals surface area contributed by atoms with Crippen molar-refractivity contribution >= 4 is 23.6 Å². The summed E-state index contributed by atoms with van der Waals surface area (Å²) in [5, 5.41) is 0. The van der Waals surface area contributed by atoms with Crippen LogP contribution in [0, 0.1) is 0 Å². The van der Waals surface area contributed by atoms with Crippen molar-refractivity contribution in [3.63, 3.8) is 0 Å². The molecule has 2 amide bonds. The quantitative estimate of drug-likeness (QED) is 0.822. The summed E-state index contributed by atoms with van der Waals surface area (Å²) in [5.74, 6) is -0.245. The fraction of sp³-hybridized carbons (Fsp3) is 0.200. The molecule has 2 aromatic rings. The molecule has 0 spiro atoms. The van der Waals surface area contributed by atoms with Gasteiger partial charge >= 0.3 is 0 Å². The highest BCUT2D eigenvalue weighted by Gasteiger charge is 2.30. The topological polar surface area (TPSA) is 89.4 Å². The zero-order valence-electron chi connectivity index (χ0n) is 13.9. The summed E-state index contributed by atoms with van der Waals surface area (Å²) >= 11 is 0. The van der Waals surface area contributed by atoms with E-state index in [0.717, 1.165) is 17.7 Å². The molecule has 2 aromatic carbocycles. The maximum atomic E-state index is 12.6. The highest BCUT2D eigenvalue weighted by Crippen LogP contribution is 2.37. The number of fused-ring (bicyclic) bond motifs is 1. The molecule has 0 aromatic heterocycles. The summed E-state index contributed by atoms with van der Waals surface area (Å²) in [6, 6.07) is 14.8. The van der Waals surface area contributed by atoms with Crippen LogP contribution in [0.1, 0.15) is 33.8 Å². The molecule has 0 saturated heterocycles. The zero-order valence-corrected chi connectivity index (χ0v) is 13.9. The third kappa shape index (κ3) is 3.61. The first-order chi connectivity index (χ1) is 12.1. The maximum Gasteiger partial charge on any atom is 0.251 e. The molecule has 1 aliphatic rings. The Morgan fingerprint density at radius 1 is 1.12 bits per heavy atom. The lowest BCUT2D eigenvalue weighted by atomic mass is 9.98. The second-order valence-electron chi connectivity index (χ2n) is 6.10. The van der Waals surface area contributed by atoms with E-state index in [0.29, 0.717) is 18.7 Å². The smallest absolute Gasteiger partial charge is 0.251 e. The third-order valence-electron chi connectivity index (χ3n) is 4.47. The monoisotopic (exact) mass is 335 g/mol. The van der Waals surface area contributed by atoms with E-state index in [9.17, 15) is 9.59 Å². The molecule has 1 heterocycles. The highest BCUT2D eigenvalue weighted by molar-refractivity contribution is 6.05. The van der Waals surface area contributed by atoms with Crippen molar-refractivity contribution in [2.24, 2.45) is 11.5 Å². The van der Waals surface area contributed by atoms with Crippen LogP contribution in [-0.2, 0) is 4.79 Å². The number of rotatable bonds is 5. The minimum Gasteiger partial charge on any atom is -0.366 e. The third-order valence-corrected chi connectivity index (χ3v) is 4.47. The number of hydrogen-bond acceptors (Lipinski definition) is 3. The van der Waals surface area contributed by atoms with Crippen molar-refractivity contribution in [2.45, 2.75) is 12.3 Å². The fourth-order valence-electron chi connectivity index (χ4n) is 3.17. The first kappa shape index (κ1) is 16.9. The Bertz CT molecular complexity index is 812. The van der Waals surface area contributed by atoms with E-state index in [2.05, 4.69) is 6.07 Å². The van der Waals surface area contributed by atoms with Gasteiger partial charge < -0.3 is 16.4 Å². The summed E-state index contributed by atoms with van der Waals surface area (Å²) in [7, 11) is 0. The molecule has 5 heteroatoms. The van der Waals surface area contributed by atoms with E-state index in [1.54, 1.807) is 41.3 Å². The Balaban J connectivity index is 1.76. The van der Waals surface area contributed by atoms with Crippen LogP contribution in [0.2, 0.25) is 0 Å². The summed E-state index contributed by atoms with van der Waals surface area (Å²) in [6.07, 6.45) is 4.16. The number of carbonyl (C=O) groups is 2. The molecular formula is C20H21N3O2. The van der Waals surface area contributed by atoms with Crippen molar-refractivity contribution in [1.29, 1.82) is 0 Å². The number of amides is 2. The number of anilines is 1. The lowest BCUT2D eigenvalue weighted by Gasteiger charge is -2.15. The van der Waals surface area contributed by atoms with Crippen molar-refractivity contribution in [3.05, 3.63) is 71.3 Å². The minimum atomic E-state index is -0.466. The van der Waals surface area contributed by atoms with Gasteiger partial charge in [-0.2, -0.15) is 0 Å².